The molecule has 0 saturated heterocycles. The molecule has 0 radical (unpaired) electrons. The number of allylic oxidation sites excluding steroid dienone is 2. The van der Waals surface area contributed by atoms with Gasteiger partial charge in [0.15, 0.2) is 11.5 Å². The van der Waals surface area contributed by atoms with Gasteiger partial charge in [0, 0.05) is 5.02 Å². The zero-order valence-electron chi connectivity index (χ0n) is 18.6. The molecule has 0 fully saturated rings. The Balaban J connectivity index is 1.96. The lowest BCUT2D eigenvalue weighted by Gasteiger charge is -2.22. The predicted octanol–water partition coefficient (Wildman–Crippen LogP) is 6.95. The van der Waals surface area contributed by atoms with Crippen LogP contribution in [0.3, 0.4) is 0 Å². The molecule has 2 aromatic rings. The lowest BCUT2D eigenvalue weighted by atomic mass is 9.86. The van der Waals surface area contributed by atoms with Crippen LogP contribution in [-0.4, -0.2) is 17.3 Å². The Hall–Kier alpha value is -2.56. The second-order valence-electron chi connectivity index (χ2n) is 8.77. The molecule has 0 bridgehead atoms. The molecule has 3 rings (SSSR count). The summed E-state index contributed by atoms with van der Waals surface area (Å²) in [5.74, 6) is -0.687. The minimum atomic E-state index is -0.566. The van der Waals surface area contributed by atoms with E-state index in [1.54, 1.807) is 48.6 Å². The number of hydrogen-bond donors (Lipinski definition) is 0. The van der Waals surface area contributed by atoms with Crippen LogP contribution in [0.25, 0.3) is 0 Å². The standard InChI is InChI=1S/C26H26Cl2O4/c1-16-14-19(26(2,3)4)15-22(31-24(29)17-6-5-7-20(27)11-8-17)23(16)32-25(30)18-9-12-21(28)13-10-18/h6,8-15,20H,5,7H2,1-4H3. The van der Waals surface area contributed by atoms with Gasteiger partial charge < -0.3 is 9.47 Å². The largest absolute Gasteiger partial charge is 0.419 e. The summed E-state index contributed by atoms with van der Waals surface area (Å²) >= 11 is 12.1. The summed E-state index contributed by atoms with van der Waals surface area (Å²) < 4.78 is 11.4. The number of carbonyl (C=O) groups excluding carboxylic acids is 2. The van der Waals surface area contributed by atoms with Gasteiger partial charge in [-0.25, -0.2) is 9.59 Å². The van der Waals surface area contributed by atoms with Crippen LogP contribution in [0.2, 0.25) is 5.02 Å². The number of alkyl halides is 1. The van der Waals surface area contributed by atoms with Gasteiger partial charge >= 0.3 is 11.9 Å². The number of rotatable bonds is 4. The van der Waals surface area contributed by atoms with Gasteiger partial charge in [-0.05, 0) is 66.6 Å². The van der Waals surface area contributed by atoms with Crippen molar-refractivity contribution in [2.24, 2.45) is 0 Å². The maximum atomic E-state index is 12.9. The summed E-state index contributed by atoms with van der Waals surface area (Å²) in [5.41, 5.74) is 2.21. The third-order valence-corrected chi connectivity index (χ3v) is 5.73. The molecule has 0 aromatic heterocycles. The van der Waals surface area contributed by atoms with E-state index in [2.05, 4.69) is 20.8 Å². The van der Waals surface area contributed by atoms with Crippen molar-refractivity contribution in [1.82, 2.24) is 0 Å². The molecule has 1 atom stereocenters. The molecule has 32 heavy (non-hydrogen) atoms. The van der Waals surface area contributed by atoms with Crippen LogP contribution in [0.15, 0.2) is 60.2 Å². The van der Waals surface area contributed by atoms with Gasteiger partial charge in [0.1, 0.15) is 0 Å². The monoisotopic (exact) mass is 472 g/mol. The molecule has 1 aliphatic rings. The van der Waals surface area contributed by atoms with Gasteiger partial charge in [0.2, 0.25) is 0 Å². The fourth-order valence-electron chi connectivity index (χ4n) is 3.20. The van der Waals surface area contributed by atoms with Crippen LogP contribution >= 0.6 is 23.2 Å². The molecule has 6 heteroatoms. The van der Waals surface area contributed by atoms with Crippen molar-refractivity contribution in [2.45, 2.75) is 51.3 Å². The summed E-state index contributed by atoms with van der Waals surface area (Å²) in [6.07, 6.45) is 6.68. The lowest BCUT2D eigenvalue weighted by molar-refractivity contribution is -0.129. The van der Waals surface area contributed by atoms with E-state index >= 15 is 0 Å². The van der Waals surface area contributed by atoms with Crippen molar-refractivity contribution in [3.63, 3.8) is 0 Å². The molecular formula is C26H26Cl2O4. The number of esters is 2. The molecule has 1 unspecified atom stereocenters. The third kappa shape index (κ3) is 6.02. The minimum absolute atomic E-state index is 0.126. The number of benzene rings is 2. The van der Waals surface area contributed by atoms with E-state index in [1.807, 2.05) is 13.0 Å². The van der Waals surface area contributed by atoms with Gasteiger partial charge in [0.05, 0.1) is 16.5 Å². The molecule has 0 saturated carbocycles. The van der Waals surface area contributed by atoms with E-state index in [0.29, 0.717) is 28.1 Å². The normalized spacial score (nSPS) is 16.2. The topological polar surface area (TPSA) is 52.6 Å². The van der Waals surface area contributed by atoms with Crippen LogP contribution < -0.4 is 9.47 Å². The first-order chi connectivity index (χ1) is 15.0. The van der Waals surface area contributed by atoms with E-state index in [4.69, 9.17) is 32.7 Å². The summed E-state index contributed by atoms with van der Waals surface area (Å²) in [7, 11) is 0. The Bertz CT molecular complexity index is 1080. The quantitative estimate of drug-likeness (QED) is 0.274. The highest BCUT2D eigenvalue weighted by atomic mass is 35.5. The highest BCUT2D eigenvalue weighted by molar-refractivity contribution is 6.30. The number of carbonyl (C=O) groups is 2. The Morgan fingerprint density at radius 2 is 1.72 bits per heavy atom. The minimum Gasteiger partial charge on any atom is -0.419 e. The fourth-order valence-corrected chi connectivity index (χ4v) is 3.52. The molecule has 0 N–H and O–H groups in total. The highest BCUT2D eigenvalue weighted by Crippen LogP contribution is 2.38. The van der Waals surface area contributed by atoms with Crippen molar-refractivity contribution in [3.05, 3.63) is 81.9 Å². The first kappa shape index (κ1) is 24.1. The van der Waals surface area contributed by atoms with E-state index in [-0.39, 0.29) is 22.3 Å². The highest BCUT2D eigenvalue weighted by Gasteiger charge is 2.24. The molecule has 4 nitrogen and oxygen atoms in total. The van der Waals surface area contributed by atoms with Crippen LogP contribution in [0.1, 0.15) is 55.1 Å². The molecule has 0 heterocycles. The first-order valence-electron chi connectivity index (χ1n) is 10.4. The van der Waals surface area contributed by atoms with Crippen molar-refractivity contribution < 1.29 is 19.1 Å². The zero-order chi connectivity index (χ0) is 23.5. The smallest absolute Gasteiger partial charge is 0.343 e. The first-order valence-corrected chi connectivity index (χ1v) is 11.2. The van der Waals surface area contributed by atoms with Crippen LogP contribution in [0.5, 0.6) is 11.5 Å². The Kier molecular flexibility index (Phi) is 7.47. The van der Waals surface area contributed by atoms with Gasteiger partial charge in [-0.15, -0.1) is 11.6 Å². The maximum absolute atomic E-state index is 12.9. The molecular weight excluding hydrogens is 447 g/mol. The number of ether oxygens (including phenoxy) is 2. The van der Waals surface area contributed by atoms with Crippen LogP contribution in [0.4, 0.5) is 0 Å². The average molecular weight is 473 g/mol. The van der Waals surface area contributed by atoms with Gasteiger partial charge in [-0.2, -0.15) is 0 Å². The Morgan fingerprint density at radius 3 is 2.38 bits per heavy atom. The Morgan fingerprint density at radius 1 is 1.03 bits per heavy atom. The van der Waals surface area contributed by atoms with Crippen molar-refractivity contribution in [2.75, 3.05) is 0 Å². The van der Waals surface area contributed by atoms with E-state index in [0.717, 1.165) is 12.0 Å². The molecule has 168 valence electrons. The van der Waals surface area contributed by atoms with Crippen molar-refractivity contribution in [3.8, 4) is 11.5 Å². The average Bonchev–Trinajstić information content (AvgIpc) is 2.94. The van der Waals surface area contributed by atoms with Crippen molar-refractivity contribution >= 4 is 35.1 Å². The molecule has 0 aliphatic heterocycles. The molecule has 2 aromatic carbocycles. The predicted molar refractivity (Wildman–Crippen MR) is 128 cm³/mol. The summed E-state index contributed by atoms with van der Waals surface area (Å²) in [6, 6.07) is 10.1. The summed E-state index contributed by atoms with van der Waals surface area (Å²) in [4.78, 5) is 25.6. The number of hydrogen-bond acceptors (Lipinski definition) is 4. The Labute approximate surface area is 198 Å². The fraction of sp³-hybridized carbons (Fsp3) is 0.308. The van der Waals surface area contributed by atoms with E-state index in [1.165, 1.54) is 0 Å². The second-order valence-corrected chi connectivity index (χ2v) is 9.77. The van der Waals surface area contributed by atoms with E-state index in [9.17, 15) is 9.59 Å². The van der Waals surface area contributed by atoms with Gasteiger partial charge in [-0.1, -0.05) is 56.7 Å². The lowest BCUT2D eigenvalue weighted by Crippen LogP contribution is -2.17. The third-order valence-electron chi connectivity index (χ3n) is 5.11. The van der Waals surface area contributed by atoms with Gasteiger partial charge in [0.25, 0.3) is 0 Å². The van der Waals surface area contributed by atoms with Crippen LogP contribution in [0, 0.1) is 6.92 Å². The number of aryl methyl sites for hydroxylation is 1. The summed E-state index contributed by atoms with van der Waals surface area (Å²) in [6.45, 7) is 8.00. The van der Waals surface area contributed by atoms with Gasteiger partial charge in [-0.3, -0.25) is 0 Å². The SMILES string of the molecule is Cc1cc(C(C)(C)C)cc(OC(=O)C2=CCCC(Cl)C=C2)c1OC(=O)c1ccc(Cl)cc1. The van der Waals surface area contributed by atoms with Crippen LogP contribution in [-0.2, 0) is 10.2 Å². The van der Waals surface area contributed by atoms with E-state index < -0.39 is 11.9 Å². The molecule has 0 amide bonds. The zero-order valence-corrected chi connectivity index (χ0v) is 20.1. The van der Waals surface area contributed by atoms with Crippen molar-refractivity contribution in [1.29, 1.82) is 0 Å². The number of halogens is 2. The molecule has 1 aliphatic carbocycles. The summed E-state index contributed by atoms with van der Waals surface area (Å²) in [5, 5.41) is 0.393. The second kappa shape index (κ2) is 9.93. The molecule has 0 spiro atoms. The maximum Gasteiger partial charge on any atom is 0.343 e.